The maximum atomic E-state index is 12.4. The fourth-order valence-electron chi connectivity index (χ4n) is 5.45. The summed E-state index contributed by atoms with van der Waals surface area (Å²) >= 11 is 16.8. The highest BCUT2D eigenvalue weighted by atomic mass is 35.5. The molecule has 0 spiro atoms. The van der Waals surface area contributed by atoms with Gasteiger partial charge in [0.05, 0.1) is 15.5 Å². The monoisotopic (exact) mass is 567 g/mol. The highest BCUT2D eigenvalue weighted by molar-refractivity contribution is 7.12. The minimum atomic E-state index is -0.879. The van der Waals surface area contributed by atoms with E-state index in [2.05, 4.69) is 34.4 Å². The quantitative estimate of drug-likeness (QED) is 0.253. The van der Waals surface area contributed by atoms with Crippen LogP contribution < -0.4 is 0 Å². The Hall–Kier alpha value is -2.48. The smallest absolute Gasteiger partial charge is 0.325 e. The number of nitrogens with zero attached hydrogens (tertiary/aromatic N) is 2. The molecule has 188 valence electrons. The summed E-state index contributed by atoms with van der Waals surface area (Å²) in [5, 5.41) is 13.5. The van der Waals surface area contributed by atoms with Crippen LogP contribution in [0.1, 0.15) is 49.0 Å². The fourth-order valence-corrected chi connectivity index (χ4v) is 8.08. The zero-order valence-electron chi connectivity index (χ0n) is 19.9. The van der Waals surface area contributed by atoms with Gasteiger partial charge in [0, 0.05) is 39.9 Å². The van der Waals surface area contributed by atoms with Crippen molar-refractivity contribution in [3.8, 4) is 0 Å². The lowest BCUT2D eigenvalue weighted by molar-refractivity contribution is -0.557. The minimum absolute atomic E-state index is 0.00429. The van der Waals surface area contributed by atoms with Crippen molar-refractivity contribution in [2.45, 2.75) is 31.5 Å². The van der Waals surface area contributed by atoms with Crippen LogP contribution in [0.4, 0.5) is 0 Å². The van der Waals surface area contributed by atoms with Gasteiger partial charge in [0.2, 0.25) is 6.04 Å². The first kappa shape index (κ1) is 24.8. The van der Waals surface area contributed by atoms with E-state index in [0.717, 1.165) is 30.0 Å². The van der Waals surface area contributed by atoms with E-state index >= 15 is 0 Å². The lowest BCUT2D eigenvalue weighted by Crippen LogP contribution is -2.37. The average Bonchev–Trinajstić information content (AvgIpc) is 3.53. The van der Waals surface area contributed by atoms with Crippen LogP contribution in [-0.2, 0) is 24.2 Å². The van der Waals surface area contributed by atoms with Gasteiger partial charge in [-0.3, -0.25) is 9.69 Å². The van der Waals surface area contributed by atoms with Gasteiger partial charge in [0.15, 0.2) is 6.21 Å². The molecule has 4 nitrogen and oxygen atoms in total. The summed E-state index contributed by atoms with van der Waals surface area (Å²) in [6, 6.07) is 19.0. The number of benzene rings is 2. The van der Waals surface area contributed by atoms with E-state index in [1.165, 1.54) is 25.8 Å². The lowest BCUT2D eigenvalue weighted by Gasteiger charge is -2.32. The van der Waals surface area contributed by atoms with Crippen LogP contribution >= 0.6 is 45.9 Å². The molecule has 2 aromatic heterocycles. The van der Waals surface area contributed by atoms with Crippen molar-refractivity contribution in [1.29, 1.82) is 0 Å². The summed E-state index contributed by atoms with van der Waals surface area (Å²) in [4.78, 5) is 18.4. The molecule has 1 N–H and O–H groups in total. The van der Waals surface area contributed by atoms with Gasteiger partial charge in [0.1, 0.15) is 12.6 Å². The molecule has 4 heterocycles. The van der Waals surface area contributed by atoms with E-state index in [4.69, 9.17) is 23.2 Å². The van der Waals surface area contributed by atoms with Gasteiger partial charge >= 0.3 is 5.97 Å². The van der Waals surface area contributed by atoms with E-state index in [0.29, 0.717) is 23.7 Å². The molecule has 2 aliphatic rings. The van der Waals surface area contributed by atoms with Crippen LogP contribution in [-0.4, -0.2) is 39.9 Å². The fraction of sp³-hybridized carbons (Fsp3) is 0.241. The second-order valence-corrected chi connectivity index (χ2v) is 12.4. The van der Waals surface area contributed by atoms with Gasteiger partial charge in [-0.1, -0.05) is 59.6 Å². The first-order valence-corrected chi connectivity index (χ1v) is 14.7. The Balaban J connectivity index is 1.37. The van der Waals surface area contributed by atoms with Crippen molar-refractivity contribution in [3.05, 3.63) is 113 Å². The van der Waals surface area contributed by atoms with E-state index in [1.54, 1.807) is 6.07 Å². The second kappa shape index (κ2) is 10.4. The summed E-state index contributed by atoms with van der Waals surface area (Å²) < 4.78 is 2.41. The predicted octanol–water partition coefficient (Wildman–Crippen LogP) is 7.08. The second-order valence-electron chi connectivity index (χ2n) is 9.42. The summed E-state index contributed by atoms with van der Waals surface area (Å²) in [5.41, 5.74) is 4.20. The van der Waals surface area contributed by atoms with E-state index in [9.17, 15) is 9.90 Å². The number of hydrogen-bond acceptors (Lipinski definition) is 4. The van der Waals surface area contributed by atoms with Crippen molar-refractivity contribution < 1.29 is 14.5 Å². The van der Waals surface area contributed by atoms with Crippen LogP contribution in [0.5, 0.6) is 0 Å². The largest absolute Gasteiger partial charge is 0.480 e. The Bertz CT molecular complexity index is 1510. The number of hydrogen-bond donors (Lipinski definition) is 1. The van der Waals surface area contributed by atoms with Crippen LogP contribution in [0.25, 0.3) is 0 Å². The maximum Gasteiger partial charge on any atom is 0.325 e. The minimum Gasteiger partial charge on any atom is -0.480 e. The van der Waals surface area contributed by atoms with Crippen molar-refractivity contribution in [1.82, 2.24) is 4.90 Å². The number of rotatable bonds is 6. The third kappa shape index (κ3) is 4.77. The molecule has 2 aromatic carbocycles. The van der Waals surface area contributed by atoms with Gasteiger partial charge in [-0.05, 0) is 47.2 Å². The summed E-state index contributed by atoms with van der Waals surface area (Å²) in [6.45, 7) is 2.16. The van der Waals surface area contributed by atoms with Gasteiger partial charge in [-0.15, -0.1) is 22.7 Å². The van der Waals surface area contributed by atoms with Crippen LogP contribution in [0.2, 0.25) is 10.0 Å². The van der Waals surface area contributed by atoms with E-state index < -0.39 is 12.0 Å². The third-order valence-electron chi connectivity index (χ3n) is 7.20. The molecule has 0 saturated heterocycles. The Morgan fingerprint density at radius 3 is 2.43 bits per heavy atom. The standard InChI is InChI=1S/C29H24Cl2N2O2S2/c30-22-7-3-1-5-20(22)27(32-12-9-24-18(16-32)11-14-36-24)26-15-19-17-33(13-10-25(19)37-26)28(29(34)35)21-6-2-4-8-23(21)31/h1-8,11,14-16,27-28H,9-10,12-13,17H2/p+1. The molecule has 2 aliphatic heterocycles. The number of thiophene rings is 2. The highest BCUT2D eigenvalue weighted by Gasteiger charge is 2.36. The molecule has 8 heteroatoms. The van der Waals surface area contributed by atoms with Crippen molar-refractivity contribution in [2.75, 3.05) is 13.1 Å². The molecule has 2 unspecified atom stereocenters. The zero-order chi connectivity index (χ0) is 25.5. The average molecular weight is 569 g/mol. The van der Waals surface area contributed by atoms with Crippen LogP contribution in [0, 0.1) is 0 Å². The molecule has 2 atom stereocenters. The topological polar surface area (TPSA) is 43.5 Å². The highest BCUT2D eigenvalue weighted by Crippen LogP contribution is 2.41. The zero-order valence-corrected chi connectivity index (χ0v) is 23.1. The first-order chi connectivity index (χ1) is 18.0. The molecule has 0 bridgehead atoms. The third-order valence-corrected chi connectivity index (χ3v) is 10.2. The number of aliphatic carboxylic acids is 1. The first-order valence-electron chi connectivity index (χ1n) is 12.2. The maximum absolute atomic E-state index is 12.4. The number of halogens is 2. The molecule has 0 saturated carbocycles. The molecule has 6 rings (SSSR count). The molecule has 0 aliphatic carbocycles. The Morgan fingerprint density at radius 1 is 0.973 bits per heavy atom. The molecular weight excluding hydrogens is 543 g/mol. The number of carboxylic acids is 1. The summed E-state index contributed by atoms with van der Waals surface area (Å²) in [7, 11) is 0. The van der Waals surface area contributed by atoms with Gasteiger partial charge in [-0.2, -0.15) is 0 Å². The predicted molar refractivity (Wildman–Crippen MR) is 152 cm³/mol. The van der Waals surface area contributed by atoms with Crippen molar-refractivity contribution in [3.63, 3.8) is 0 Å². The Labute approximate surface area is 234 Å². The van der Waals surface area contributed by atoms with E-state index in [-0.39, 0.29) is 6.04 Å². The van der Waals surface area contributed by atoms with Crippen molar-refractivity contribution >= 4 is 58.1 Å². The molecule has 0 radical (unpaired) electrons. The van der Waals surface area contributed by atoms with Gasteiger partial charge < -0.3 is 5.11 Å². The summed E-state index contributed by atoms with van der Waals surface area (Å²) in [6.07, 6.45) is 4.09. The van der Waals surface area contributed by atoms with Crippen LogP contribution in [0.3, 0.4) is 0 Å². The molecular formula is C29H25Cl2N2O2S2+. The Kier molecular flexibility index (Phi) is 6.95. The number of carboxylic acid groups (broad SMARTS) is 1. The van der Waals surface area contributed by atoms with Crippen molar-refractivity contribution in [2.24, 2.45) is 0 Å². The van der Waals surface area contributed by atoms with Crippen LogP contribution in [0.15, 0.2) is 66.0 Å². The molecule has 0 fully saturated rings. The molecule has 4 aromatic rings. The summed E-state index contributed by atoms with van der Waals surface area (Å²) in [5.74, 6) is -0.879. The van der Waals surface area contributed by atoms with E-state index in [1.807, 2.05) is 64.0 Å². The molecule has 0 amide bonds. The van der Waals surface area contributed by atoms with Gasteiger partial charge in [-0.25, -0.2) is 4.58 Å². The SMILES string of the molecule is O=C(O)C(c1ccccc1Cl)N1CCc2sc(C(c3ccccc3Cl)[N+]3=Cc4ccsc4CC3)cc2C1. The van der Waals surface area contributed by atoms with Gasteiger partial charge in [0.25, 0.3) is 0 Å². The lowest BCUT2D eigenvalue weighted by atomic mass is 9.99. The molecule has 37 heavy (non-hydrogen) atoms. The number of fused-ring (bicyclic) bond motifs is 2. The number of carbonyl (C=O) groups is 1. The Morgan fingerprint density at radius 2 is 1.70 bits per heavy atom. The normalized spacial score (nSPS) is 17.0.